The fourth-order valence-electron chi connectivity index (χ4n) is 1.68. The number of nitrogens with zero attached hydrogens (tertiary/aromatic N) is 1. The monoisotopic (exact) mass is 220 g/mol. The molecule has 1 aromatic rings. The summed E-state index contributed by atoms with van der Waals surface area (Å²) in [5, 5.41) is 6.28. The van der Waals surface area contributed by atoms with Crippen LogP contribution in [-0.2, 0) is 0 Å². The zero-order valence-electron chi connectivity index (χ0n) is 10.1. The summed E-state index contributed by atoms with van der Waals surface area (Å²) in [5.74, 6) is 0. The van der Waals surface area contributed by atoms with E-state index in [2.05, 4.69) is 24.3 Å². The minimum absolute atomic E-state index is 0.474. The van der Waals surface area contributed by atoms with E-state index >= 15 is 0 Å². The smallest absolute Gasteiger partial charge is 0.108 e. The zero-order chi connectivity index (χ0) is 11.8. The quantitative estimate of drug-likeness (QED) is 0.544. The lowest BCUT2D eigenvalue weighted by Crippen LogP contribution is -2.14. The third-order valence-corrected chi connectivity index (χ3v) is 2.63. The van der Waals surface area contributed by atoms with Gasteiger partial charge < -0.3 is 5.32 Å². The predicted octanol–water partition coefficient (Wildman–Crippen LogP) is 4.47. The van der Waals surface area contributed by atoms with Gasteiger partial charge in [-0.2, -0.15) is 0 Å². The normalized spacial score (nSPS) is 12.1. The van der Waals surface area contributed by atoms with Crippen molar-refractivity contribution in [3.63, 3.8) is 0 Å². The topological polar surface area (TPSA) is 41.5 Å². The molecular weight excluding hydrogens is 200 g/mol. The lowest BCUT2D eigenvalue weighted by atomic mass is 10.1. The molecule has 0 aliphatic rings. The molecule has 0 heterocycles. The van der Waals surface area contributed by atoms with E-state index in [0.717, 1.165) is 5.69 Å². The van der Waals surface area contributed by atoms with Crippen LogP contribution in [0.1, 0.15) is 39.5 Å². The molecule has 0 bridgehead atoms. The van der Waals surface area contributed by atoms with Crippen molar-refractivity contribution in [3.05, 3.63) is 29.2 Å². The molecule has 0 aliphatic heterocycles. The maximum atomic E-state index is 10.2. The van der Waals surface area contributed by atoms with Crippen LogP contribution < -0.4 is 5.32 Å². The molecule has 0 aromatic heterocycles. The summed E-state index contributed by atoms with van der Waals surface area (Å²) < 4.78 is 0. The molecule has 0 radical (unpaired) electrons. The van der Waals surface area contributed by atoms with Gasteiger partial charge >= 0.3 is 0 Å². The molecule has 1 aromatic carbocycles. The summed E-state index contributed by atoms with van der Waals surface area (Å²) >= 11 is 0. The van der Waals surface area contributed by atoms with Crippen LogP contribution in [0.25, 0.3) is 0 Å². The Morgan fingerprint density at radius 2 is 1.94 bits per heavy atom. The van der Waals surface area contributed by atoms with Crippen LogP contribution in [0.3, 0.4) is 0 Å². The molecule has 0 fully saturated rings. The van der Waals surface area contributed by atoms with Crippen LogP contribution in [0.5, 0.6) is 0 Å². The summed E-state index contributed by atoms with van der Waals surface area (Å²) in [6, 6.07) is 7.73. The van der Waals surface area contributed by atoms with Crippen LogP contribution in [0.15, 0.2) is 29.4 Å². The third kappa shape index (κ3) is 4.43. The van der Waals surface area contributed by atoms with Gasteiger partial charge in [-0.1, -0.05) is 26.2 Å². The lowest BCUT2D eigenvalue weighted by Gasteiger charge is -2.14. The van der Waals surface area contributed by atoms with Gasteiger partial charge in [0.25, 0.3) is 0 Å². The SMILES string of the molecule is CCCCCC(C)Nc1ccc(N=O)cc1. The van der Waals surface area contributed by atoms with Crippen molar-refractivity contribution in [2.24, 2.45) is 5.18 Å². The van der Waals surface area contributed by atoms with Gasteiger partial charge in [0, 0.05) is 11.7 Å². The fraction of sp³-hybridized carbons (Fsp3) is 0.538. The van der Waals surface area contributed by atoms with Gasteiger partial charge in [-0.05, 0) is 42.8 Å². The van der Waals surface area contributed by atoms with E-state index in [-0.39, 0.29) is 0 Å². The average Bonchev–Trinajstić information content (AvgIpc) is 2.30. The van der Waals surface area contributed by atoms with Crippen molar-refractivity contribution in [1.82, 2.24) is 0 Å². The summed E-state index contributed by atoms with van der Waals surface area (Å²) in [4.78, 5) is 10.2. The molecule has 3 nitrogen and oxygen atoms in total. The van der Waals surface area contributed by atoms with Crippen molar-refractivity contribution in [3.8, 4) is 0 Å². The lowest BCUT2D eigenvalue weighted by molar-refractivity contribution is 0.615. The first-order chi connectivity index (χ1) is 7.76. The molecule has 1 rings (SSSR count). The Bertz CT molecular complexity index is 308. The van der Waals surface area contributed by atoms with E-state index in [1.165, 1.54) is 25.7 Å². The molecule has 1 atom stereocenters. The Morgan fingerprint density at radius 3 is 2.50 bits per heavy atom. The number of benzene rings is 1. The first-order valence-electron chi connectivity index (χ1n) is 5.96. The maximum Gasteiger partial charge on any atom is 0.108 e. The fourth-order valence-corrected chi connectivity index (χ4v) is 1.68. The summed E-state index contributed by atoms with van der Waals surface area (Å²) in [5.41, 5.74) is 1.53. The minimum Gasteiger partial charge on any atom is -0.383 e. The summed E-state index contributed by atoms with van der Waals surface area (Å²) in [6.45, 7) is 4.39. The number of hydrogen-bond donors (Lipinski definition) is 1. The highest BCUT2D eigenvalue weighted by Crippen LogP contribution is 2.17. The molecule has 0 aliphatic carbocycles. The number of unbranched alkanes of at least 4 members (excludes halogenated alkanes) is 2. The zero-order valence-corrected chi connectivity index (χ0v) is 10.1. The number of nitroso groups, excluding NO2 is 1. The van der Waals surface area contributed by atoms with E-state index in [9.17, 15) is 4.91 Å². The highest BCUT2D eigenvalue weighted by atomic mass is 16.3. The van der Waals surface area contributed by atoms with Gasteiger partial charge in [0.1, 0.15) is 5.69 Å². The van der Waals surface area contributed by atoms with Gasteiger partial charge in [-0.3, -0.25) is 0 Å². The summed E-state index contributed by atoms with van der Waals surface area (Å²) in [6.07, 6.45) is 4.99. The van der Waals surface area contributed by atoms with Crippen molar-refractivity contribution >= 4 is 11.4 Å². The Hall–Kier alpha value is -1.38. The Labute approximate surface area is 97.2 Å². The number of hydrogen-bond acceptors (Lipinski definition) is 3. The Balaban J connectivity index is 2.37. The van der Waals surface area contributed by atoms with Crippen molar-refractivity contribution in [2.45, 2.75) is 45.6 Å². The van der Waals surface area contributed by atoms with Crippen LogP contribution in [-0.4, -0.2) is 6.04 Å². The molecule has 0 amide bonds. The molecule has 16 heavy (non-hydrogen) atoms. The molecule has 88 valence electrons. The second-order valence-corrected chi connectivity index (χ2v) is 4.18. The Morgan fingerprint density at radius 1 is 1.25 bits per heavy atom. The van der Waals surface area contributed by atoms with Gasteiger partial charge in [0.05, 0.1) is 0 Å². The van der Waals surface area contributed by atoms with Gasteiger partial charge in [0.2, 0.25) is 0 Å². The average molecular weight is 220 g/mol. The van der Waals surface area contributed by atoms with Crippen molar-refractivity contribution < 1.29 is 0 Å². The van der Waals surface area contributed by atoms with Gasteiger partial charge in [-0.15, -0.1) is 4.91 Å². The first kappa shape index (κ1) is 12.7. The minimum atomic E-state index is 0.474. The van der Waals surface area contributed by atoms with Crippen LogP contribution >= 0.6 is 0 Å². The van der Waals surface area contributed by atoms with Crippen molar-refractivity contribution in [1.29, 1.82) is 0 Å². The molecule has 1 N–H and O–H groups in total. The van der Waals surface area contributed by atoms with Crippen LogP contribution in [0, 0.1) is 4.91 Å². The van der Waals surface area contributed by atoms with E-state index in [1.54, 1.807) is 12.1 Å². The van der Waals surface area contributed by atoms with Crippen LogP contribution in [0.2, 0.25) is 0 Å². The summed E-state index contributed by atoms with van der Waals surface area (Å²) in [7, 11) is 0. The largest absolute Gasteiger partial charge is 0.383 e. The molecule has 0 spiro atoms. The second kappa shape index (κ2) is 6.99. The first-order valence-corrected chi connectivity index (χ1v) is 5.96. The molecule has 0 saturated carbocycles. The predicted molar refractivity (Wildman–Crippen MR) is 69.1 cm³/mol. The third-order valence-electron chi connectivity index (χ3n) is 2.63. The molecule has 0 saturated heterocycles. The van der Waals surface area contributed by atoms with E-state index in [4.69, 9.17) is 0 Å². The maximum absolute atomic E-state index is 10.2. The van der Waals surface area contributed by atoms with Gasteiger partial charge in [0.15, 0.2) is 0 Å². The highest BCUT2D eigenvalue weighted by molar-refractivity contribution is 5.51. The second-order valence-electron chi connectivity index (χ2n) is 4.18. The van der Waals surface area contributed by atoms with Gasteiger partial charge in [-0.25, -0.2) is 0 Å². The highest BCUT2D eigenvalue weighted by Gasteiger charge is 2.01. The number of anilines is 1. The standard InChI is InChI=1S/C13H20N2O/c1-3-4-5-6-11(2)14-12-7-9-13(15-16)10-8-12/h7-11,14H,3-6H2,1-2H3. The number of rotatable bonds is 7. The number of nitrogens with one attached hydrogen (secondary N) is 1. The van der Waals surface area contributed by atoms with Crippen molar-refractivity contribution in [2.75, 3.05) is 5.32 Å². The Kier molecular flexibility index (Phi) is 5.54. The molecule has 3 heteroatoms. The van der Waals surface area contributed by atoms with E-state index in [0.29, 0.717) is 11.7 Å². The van der Waals surface area contributed by atoms with Crippen LogP contribution in [0.4, 0.5) is 11.4 Å². The van der Waals surface area contributed by atoms with E-state index < -0.39 is 0 Å². The van der Waals surface area contributed by atoms with E-state index in [1.807, 2.05) is 12.1 Å². The molecule has 1 unspecified atom stereocenters. The molecular formula is C13H20N2O.